The molecular weight excluding hydrogens is 436 g/mol. The SMILES string of the molecule is CCCCP(CCCC)(CCCC)=[N+]=P(c1ccccc1)(c1ccccc1)c1ccccc1. The molecule has 0 atom stereocenters. The van der Waals surface area contributed by atoms with E-state index in [2.05, 4.69) is 112 Å². The standard InChI is InChI=1S/C30H42NP2/c1-4-7-25-32(26-8-5-2,27-9-6-3)31-33(28-19-13-10-14-20-28,29-21-15-11-16-22-29)30-23-17-12-18-24-30/h10-24H,4-9,25-27H2,1-3H3/q+1. The third-order valence-electron chi connectivity index (χ3n) is 6.50. The normalized spacial score (nSPS) is 11.8. The Bertz CT molecular complexity index is 936. The first-order valence-electron chi connectivity index (χ1n) is 12.9. The fraction of sp³-hybridized carbons (Fsp3) is 0.400. The molecule has 0 spiro atoms. The van der Waals surface area contributed by atoms with Gasteiger partial charge in [-0.3, -0.25) is 0 Å². The van der Waals surface area contributed by atoms with Crippen molar-refractivity contribution in [3.05, 3.63) is 91.0 Å². The fourth-order valence-electron chi connectivity index (χ4n) is 4.64. The van der Waals surface area contributed by atoms with E-state index in [4.69, 9.17) is 4.17 Å². The first kappa shape index (κ1) is 25.8. The van der Waals surface area contributed by atoms with E-state index >= 15 is 0 Å². The average molecular weight is 479 g/mol. The van der Waals surface area contributed by atoms with Crippen molar-refractivity contribution < 1.29 is 0 Å². The molecule has 176 valence electrons. The largest absolute Gasteiger partial charge is 0.300 e. The summed E-state index contributed by atoms with van der Waals surface area (Å²) in [5.74, 6) is 0. The Kier molecular flexibility index (Phi) is 10.3. The van der Waals surface area contributed by atoms with Crippen LogP contribution in [0.3, 0.4) is 0 Å². The van der Waals surface area contributed by atoms with Crippen LogP contribution in [0, 0.1) is 0 Å². The highest BCUT2D eigenvalue weighted by molar-refractivity contribution is 7.89. The second-order valence-electron chi connectivity index (χ2n) is 9.06. The van der Waals surface area contributed by atoms with Crippen molar-refractivity contribution >= 4 is 30.0 Å². The molecule has 1 nitrogen and oxygen atoms in total. The number of hydrogen-bond acceptors (Lipinski definition) is 0. The molecule has 0 radical (unpaired) electrons. The summed E-state index contributed by atoms with van der Waals surface area (Å²) in [7, 11) is -3.61. The van der Waals surface area contributed by atoms with Gasteiger partial charge in [-0.05, 0) is 55.7 Å². The molecule has 0 fully saturated rings. The Hall–Kier alpha value is -1.77. The smallest absolute Gasteiger partial charge is 0.162 e. The summed E-state index contributed by atoms with van der Waals surface area (Å²) >= 11 is 0. The molecule has 33 heavy (non-hydrogen) atoms. The van der Waals surface area contributed by atoms with Crippen molar-refractivity contribution in [3.63, 3.8) is 0 Å². The van der Waals surface area contributed by atoms with Crippen molar-refractivity contribution in [2.24, 2.45) is 0 Å². The van der Waals surface area contributed by atoms with E-state index in [1.54, 1.807) is 0 Å². The lowest BCUT2D eigenvalue weighted by atomic mass is 10.4. The highest BCUT2D eigenvalue weighted by Gasteiger charge is 2.40. The average Bonchev–Trinajstić information content (AvgIpc) is 2.89. The van der Waals surface area contributed by atoms with Gasteiger partial charge in [0.25, 0.3) is 7.05 Å². The summed E-state index contributed by atoms with van der Waals surface area (Å²) in [5, 5.41) is 4.20. The Labute approximate surface area is 202 Å². The molecular formula is C30H42NP2+. The molecule has 0 aromatic heterocycles. The summed E-state index contributed by atoms with van der Waals surface area (Å²) in [6, 6.07) is 33.7. The summed E-state index contributed by atoms with van der Waals surface area (Å²) in [5.41, 5.74) is 0. The highest BCUT2D eigenvalue weighted by atomic mass is 31.2. The number of hydrogen-bond donors (Lipinski definition) is 0. The third kappa shape index (κ3) is 6.43. The Morgan fingerprint density at radius 3 is 1.06 bits per heavy atom. The van der Waals surface area contributed by atoms with E-state index in [0.29, 0.717) is 0 Å². The van der Waals surface area contributed by atoms with Crippen molar-refractivity contribution in [1.29, 1.82) is 0 Å². The van der Waals surface area contributed by atoms with Gasteiger partial charge in [0.2, 0.25) is 7.05 Å². The topological polar surface area (TPSA) is 14.1 Å². The van der Waals surface area contributed by atoms with Crippen molar-refractivity contribution in [2.75, 3.05) is 18.5 Å². The second kappa shape index (κ2) is 13.2. The Balaban J connectivity index is 2.56. The van der Waals surface area contributed by atoms with E-state index < -0.39 is 14.1 Å². The zero-order valence-corrected chi connectivity index (χ0v) is 22.7. The quantitative estimate of drug-likeness (QED) is 0.186. The molecule has 0 saturated carbocycles. The lowest BCUT2D eigenvalue weighted by molar-refractivity contribution is 0.840. The van der Waals surface area contributed by atoms with Crippen LogP contribution in [0.2, 0.25) is 0 Å². The lowest BCUT2D eigenvalue weighted by Gasteiger charge is -2.20. The number of unbranched alkanes of at least 4 members (excludes halogenated alkanes) is 3. The third-order valence-corrected chi connectivity index (χ3v) is 15.7. The van der Waals surface area contributed by atoms with Crippen LogP contribution in [0.5, 0.6) is 0 Å². The molecule has 0 heterocycles. The minimum absolute atomic E-state index is 1.25. The van der Waals surface area contributed by atoms with E-state index in [1.165, 1.54) is 72.9 Å². The molecule has 0 aliphatic heterocycles. The van der Waals surface area contributed by atoms with Gasteiger partial charge in [0.15, 0.2) is 0 Å². The summed E-state index contributed by atoms with van der Waals surface area (Å²) < 4.78 is 6.28. The fourth-order valence-corrected chi connectivity index (χ4v) is 15.3. The van der Waals surface area contributed by atoms with Crippen LogP contribution in [0.15, 0.2) is 91.0 Å². The lowest BCUT2D eigenvalue weighted by Crippen LogP contribution is -2.27. The number of rotatable bonds is 12. The monoisotopic (exact) mass is 478 g/mol. The van der Waals surface area contributed by atoms with Crippen molar-refractivity contribution in [3.8, 4) is 0 Å². The van der Waals surface area contributed by atoms with Gasteiger partial charge in [0, 0.05) is 18.5 Å². The van der Waals surface area contributed by atoms with Gasteiger partial charge in [-0.15, -0.1) is 0 Å². The number of nitrogens with zero attached hydrogens (tertiary/aromatic N) is 1. The van der Waals surface area contributed by atoms with Gasteiger partial charge in [-0.25, -0.2) is 0 Å². The molecule has 0 saturated heterocycles. The summed E-state index contributed by atoms with van der Waals surface area (Å²) in [4.78, 5) is 0. The van der Waals surface area contributed by atoms with E-state index in [9.17, 15) is 0 Å². The molecule has 0 aliphatic rings. The first-order chi connectivity index (χ1) is 16.2. The zero-order valence-electron chi connectivity index (χ0n) is 20.9. The summed E-state index contributed by atoms with van der Waals surface area (Å²) in [6.07, 6.45) is 11.6. The van der Waals surface area contributed by atoms with Crippen LogP contribution >= 0.6 is 14.1 Å². The molecule has 0 aliphatic carbocycles. The maximum Gasteiger partial charge on any atom is 0.300 e. The summed E-state index contributed by atoms with van der Waals surface area (Å²) in [6.45, 7) is 7.01. The van der Waals surface area contributed by atoms with Crippen LogP contribution in [-0.4, -0.2) is 18.5 Å². The molecule has 3 heteroatoms. The molecule has 3 aromatic rings. The molecule has 0 unspecified atom stereocenters. The molecule has 3 aromatic carbocycles. The molecule has 0 N–H and O–H groups in total. The maximum absolute atomic E-state index is 6.28. The van der Waals surface area contributed by atoms with Crippen LogP contribution in [0.25, 0.3) is 0 Å². The van der Waals surface area contributed by atoms with E-state index in [1.807, 2.05) is 0 Å². The van der Waals surface area contributed by atoms with Crippen molar-refractivity contribution in [1.82, 2.24) is 4.17 Å². The van der Waals surface area contributed by atoms with Crippen LogP contribution in [0.1, 0.15) is 59.3 Å². The van der Waals surface area contributed by atoms with Crippen LogP contribution in [-0.2, 0) is 0 Å². The molecule has 0 bridgehead atoms. The van der Waals surface area contributed by atoms with Crippen LogP contribution < -0.4 is 20.1 Å². The van der Waals surface area contributed by atoms with Gasteiger partial charge >= 0.3 is 0 Å². The zero-order chi connectivity index (χ0) is 23.4. The molecule has 0 amide bonds. The van der Waals surface area contributed by atoms with E-state index in [-0.39, 0.29) is 0 Å². The second-order valence-corrected chi connectivity index (χ2v) is 16.1. The Morgan fingerprint density at radius 1 is 0.485 bits per heavy atom. The predicted molar refractivity (Wildman–Crippen MR) is 154 cm³/mol. The predicted octanol–water partition coefficient (Wildman–Crippen LogP) is 7.83. The van der Waals surface area contributed by atoms with Gasteiger partial charge < -0.3 is 0 Å². The van der Waals surface area contributed by atoms with E-state index in [0.717, 1.165) is 0 Å². The minimum atomic E-state index is -2.12. The minimum Gasteiger partial charge on any atom is -0.162 e. The van der Waals surface area contributed by atoms with Gasteiger partial charge in [0.1, 0.15) is 0 Å². The Morgan fingerprint density at radius 2 is 0.788 bits per heavy atom. The van der Waals surface area contributed by atoms with Crippen molar-refractivity contribution in [2.45, 2.75) is 59.3 Å². The molecule has 3 rings (SSSR count). The van der Waals surface area contributed by atoms with Gasteiger partial charge in [-0.1, -0.05) is 94.6 Å². The number of benzene rings is 3. The van der Waals surface area contributed by atoms with Gasteiger partial charge in [-0.2, -0.15) is 4.17 Å². The van der Waals surface area contributed by atoms with Gasteiger partial charge in [0.05, 0.1) is 15.9 Å². The highest BCUT2D eigenvalue weighted by Crippen LogP contribution is 2.53. The first-order valence-corrected chi connectivity index (χ1v) is 16.9. The van der Waals surface area contributed by atoms with Crippen LogP contribution in [0.4, 0.5) is 0 Å². The maximum atomic E-state index is 6.28.